The van der Waals surface area contributed by atoms with Gasteiger partial charge in [0.05, 0.1) is 31.6 Å². The van der Waals surface area contributed by atoms with Crippen molar-refractivity contribution in [3.05, 3.63) is 76.3 Å². The molecule has 9 nitrogen and oxygen atoms in total. The van der Waals surface area contributed by atoms with Crippen LogP contribution in [0.4, 0.5) is 0 Å². The predicted molar refractivity (Wildman–Crippen MR) is 124 cm³/mol. The molecule has 0 aliphatic rings. The van der Waals surface area contributed by atoms with E-state index >= 15 is 0 Å². The van der Waals surface area contributed by atoms with Gasteiger partial charge in [0, 0.05) is 5.39 Å². The third-order valence-corrected chi connectivity index (χ3v) is 5.05. The standard InChI is InChI=1S/C25H22N2O7/c1-4-32-24(29)20-21(18-14-15-8-6-7-9-19(15)34-23(18)28)26-27(22(20)25(30)33-5-2)16-10-12-17(31-3)13-11-16/h6-14H,4-5H2,1-3H3. The first-order chi connectivity index (χ1) is 16.5. The van der Waals surface area contributed by atoms with Crippen LogP contribution >= 0.6 is 0 Å². The molecule has 34 heavy (non-hydrogen) atoms. The summed E-state index contributed by atoms with van der Waals surface area (Å²) in [5.74, 6) is -1.01. The Kier molecular flexibility index (Phi) is 6.44. The quantitative estimate of drug-likeness (QED) is 0.299. The van der Waals surface area contributed by atoms with Gasteiger partial charge in [0.2, 0.25) is 0 Å². The van der Waals surface area contributed by atoms with Crippen molar-refractivity contribution < 1.29 is 28.2 Å². The van der Waals surface area contributed by atoms with Gasteiger partial charge in [-0.2, -0.15) is 5.10 Å². The topological polar surface area (TPSA) is 110 Å². The highest BCUT2D eigenvalue weighted by Gasteiger charge is 2.33. The van der Waals surface area contributed by atoms with Crippen molar-refractivity contribution in [1.29, 1.82) is 0 Å². The first-order valence-electron chi connectivity index (χ1n) is 10.6. The van der Waals surface area contributed by atoms with Crippen LogP contribution in [0.1, 0.15) is 34.7 Å². The fourth-order valence-electron chi connectivity index (χ4n) is 3.53. The molecule has 0 atom stereocenters. The normalized spacial score (nSPS) is 10.8. The molecule has 0 unspecified atom stereocenters. The summed E-state index contributed by atoms with van der Waals surface area (Å²) in [5, 5.41) is 5.12. The molecule has 2 heterocycles. The lowest BCUT2D eigenvalue weighted by molar-refractivity contribution is 0.0473. The second-order valence-electron chi connectivity index (χ2n) is 7.11. The zero-order chi connectivity index (χ0) is 24.2. The lowest BCUT2D eigenvalue weighted by atomic mass is 10.1. The predicted octanol–water partition coefficient (Wildman–Crippen LogP) is 4.01. The van der Waals surface area contributed by atoms with E-state index in [2.05, 4.69) is 5.10 Å². The van der Waals surface area contributed by atoms with Gasteiger partial charge in [-0.15, -0.1) is 0 Å². The third kappa shape index (κ3) is 4.15. The van der Waals surface area contributed by atoms with Crippen molar-refractivity contribution in [2.45, 2.75) is 13.8 Å². The van der Waals surface area contributed by atoms with Crippen molar-refractivity contribution in [2.75, 3.05) is 20.3 Å². The Balaban J connectivity index is 2.04. The van der Waals surface area contributed by atoms with Crippen LogP contribution < -0.4 is 10.4 Å². The van der Waals surface area contributed by atoms with E-state index in [0.717, 1.165) is 0 Å². The maximum Gasteiger partial charge on any atom is 0.357 e. The average molecular weight is 462 g/mol. The van der Waals surface area contributed by atoms with E-state index < -0.39 is 17.6 Å². The van der Waals surface area contributed by atoms with Crippen LogP contribution in [-0.2, 0) is 9.47 Å². The highest BCUT2D eigenvalue weighted by molar-refractivity contribution is 6.07. The minimum atomic E-state index is -0.812. The Morgan fingerprint density at radius 1 is 0.971 bits per heavy atom. The number of fused-ring (bicyclic) bond motifs is 1. The lowest BCUT2D eigenvalue weighted by Gasteiger charge is -2.09. The summed E-state index contributed by atoms with van der Waals surface area (Å²) in [4.78, 5) is 39.0. The molecule has 0 bridgehead atoms. The number of esters is 2. The fraction of sp³-hybridized carbons (Fsp3) is 0.200. The Morgan fingerprint density at radius 2 is 1.65 bits per heavy atom. The largest absolute Gasteiger partial charge is 0.497 e. The maximum atomic E-state index is 13.1. The molecule has 0 saturated carbocycles. The number of ether oxygens (including phenoxy) is 3. The third-order valence-electron chi connectivity index (χ3n) is 5.05. The molecule has 0 spiro atoms. The Hall–Kier alpha value is -4.40. The summed E-state index contributed by atoms with van der Waals surface area (Å²) in [7, 11) is 1.53. The molecule has 0 radical (unpaired) electrons. The van der Waals surface area contributed by atoms with E-state index in [1.54, 1.807) is 68.4 Å². The molecule has 0 saturated heterocycles. The molecule has 0 N–H and O–H groups in total. The second kappa shape index (κ2) is 9.62. The van der Waals surface area contributed by atoms with Gasteiger partial charge in [-0.25, -0.2) is 19.1 Å². The number of aromatic nitrogens is 2. The van der Waals surface area contributed by atoms with Gasteiger partial charge in [0.1, 0.15) is 22.6 Å². The van der Waals surface area contributed by atoms with Crippen LogP contribution in [0.2, 0.25) is 0 Å². The van der Waals surface area contributed by atoms with E-state index in [-0.39, 0.29) is 35.7 Å². The summed E-state index contributed by atoms with van der Waals surface area (Å²) < 4.78 is 22.3. The summed E-state index contributed by atoms with van der Waals surface area (Å²) in [6, 6.07) is 15.2. The van der Waals surface area contributed by atoms with Gasteiger partial charge in [-0.05, 0) is 50.2 Å². The molecule has 0 aliphatic heterocycles. The van der Waals surface area contributed by atoms with Crippen LogP contribution in [0.25, 0.3) is 27.9 Å². The number of benzene rings is 2. The molecule has 174 valence electrons. The zero-order valence-corrected chi connectivity index (χ0v) is 18.9. The second-order valence-corrected chi connectivity index (χ2v) is 7.11. The number of hydrogen-bond donors (Lipinski definition) is 0. The van der Waals surface area contributed by atoms with Crippen LogP contribution in [-0.4, -0.2) is 42.0 Å². The minimum absolute atomic E-state index is 0.0135. The molecule has 4 aromatic rings. The summed E-state index contributed by atoms with van der Waals surface area (Å²) in [6.45, 7) is 3.41. The molecule has 0 amide bonds. The summed E-state index contributed by atoms with van der Waals surface area (Å²) in [5.41, 5.74) is -0.248. The molecule has 0 aliphatic carbocycles. The van der Waals surface area contributed by atoms with E-state index in [1.165, 1.54) is 11.8 Å². The van der Waals surface area contributed by atoms with Crippen molar-refractivity contribution in [1.82, 2.24) is 9.78 Å². The van der Waals surface area contributed by atoms with Gasteiger partial charge < -0.3 is 18.6 Å². The Labute approximate surface area is 194 Å². The Bertz CT molecular complexity index is 1420. The molecule has 0 fully saturated rings. The maximum absolute atomic E-state index is 13.1. The number of hydrogen-bond acceptors (Lipinski definition) is 8. The van der Waals surface area contributed by atoms with E-state index in [0.29, 0.717) is 22.4 Å². The SMILES string of the molecule is CCOC(=O)c1c(-c2cc3ccccc3oc2=O)nn(-c2ccc(OC)cc2)c1C(=O)OCC. The van der Waals surface area contributed by atoms with Gasteiger partial charge in [0.25, 0.3) is 0 Å². The van der Waals surface area contributed by atoms with Crippen LogP contribution in [0.15, 0.2) is 63.8 Å². The van der Waals surface area contributed by atoms with Crippen molar-refractivity contribution >= 4 is 22.9 Å². The monoisotopic (exact) mass is 462 g/mol. The Morgan fingerprint density at radius 3 is 2.32 bits per heavy atom. The van der Waals surface area contributed by atoms with Crippen molar-refractivity contribution in [3.63, 3.8) is 0 Å². The van der Waals surface area contributed by atoms with Gasteiger partial charge in [-0.1, -0.05) is 18.2 Å². The van der Waals surface area contributed by atoms with Crippen molar-refractivity contribution in [3.8, 4) is 22.7 Å². The average Bonchev–Trinajstić information content (AvgIpc) is 3.24. The smallest absolute Gasteiger partial charge is 0.357 e. The number of carbonyl (C=O) groups excluding carboxylic acids is 2. The first-order valence-corrected chi connectivity index (χ1v) is 10.6. The van der Waals surface area contributed by atoms with Gasteiger partial charge in [-0.3, -0.25) is 0 Å². The molecular formula is C25H22N2O7. The van der Waals surface area contributed by atoms with E-state index in [1.807, 2.05) is 0 Å². The number of carbonyl (C=O) groups is 2. The zero-order valence-electron chi connectivity index (χ0n) is 18.9. The molecular weight excluding hydrogens is 440 g/mol. The number of methoxy groups -OCH3 is 1. The highest BCUT2D eigenvalue weighted by atomic mass is 16.5. The summed E-state index contributed by atoms with van der Waals surface area (Å²) in [6.07, 6.45) is 0. The highest BCUT2D eigenvalue weighted by Crippen LogP contribution is 2.30. The van der Waals surface area contributed by atoms with Gasteiger partial charge >= 0.3 is 17.6 Å². The van der Waals surface area contributed by atoms with Crippen molar-refractivity contribution in [2.24, 2.45) is 0 Å². The number of nitrogens with zero attached hydrogens (tertiary/aromatic N) is 2. The molecule has 9 heteroatoms. The minimum Gasteiger partial charge on any atom is -0.497 e. The molecule has 2 aromatic carbocycles. The fourth-order valence-corrected chi connectivity index (χ4v) is 3.53. The van der Waals surface area contributed by atoms with Crippen LogP contribution in [0, 0.1) is 0 Å². The molecule has 2 aromatic heterocycles. The van der Waals surface area contributed by atoms with Crippen LogP contribution in [0.3, 0.4) is 0 Å². The van der Waals surface area contributed by atoms with Gasteiger partial charge in [0.15, 0.2) is 5.69 Å². The van der Waals surface area contributed by atoms with Crippen LogP contribution in [0.5, 0.6) is 5.75 Å². The summed E-state index contributed by atoms with van der Waals surface area (Å²) >= 11 is 0. The van der Waals surface area contributed by atoms with E-state index in [4.69, 9.17) is 18.6 Å². The number of rotatable bonds is 7. The first kappa shape index (κ1) is 22.8. The lowest BCUT2D eigenvalue weighted by Crippen LogP contribution is -2.17. The number of para-hydroxylation sites is 1. The molecule has 4 rings (SSSR count). The van der Waals surface area contributed by atoms with E-state index in [9.17, 15) is 14.4 Å².